The zero-order chi connectivity index (χ0) is 13.9. The Kier molecular flexibility index (Phi) is 8.21. The van der Waals surface area contributed by atoms with Crippen molar-refractivity contribution in [3.63, 3.8) is 0 Å². The summed E-state index contributed by atoms with van der Waals surface area (Å²) in [5, 5.41) is 6.66. The molecule has 0 bridgehead atoms. The molecule has 1 amide bonds. The van der Waals surface area contributed by atoms with Crippen LogP contribution in [0.4, 0.5) is 0 Å². The second kappa shape index (κ2) is 9.78. The van der Waals surface area contributed by atoms with Crippen molar-refractivity contribution in [3.05, 3.63) is 34.9 Å². The SMILES string of the molecule is COCCCNCC(=O)NCCc1cccc(Cl)c1. The lowest BCUT2D eigenvalue weighted by molar-refractivity contribution is -0.120. The van der Waals surface area contributed by atoms with Gasteiger partial charge < -0.3 is 15.4 Å². The molecule has 0 aliphatic carbocycles. The minimum atomic E-state index is 0.0134. The van der Waals surface area contributed by atoms with Crippen LogP contribution in [-0.4, -0.2) is 39.3 Å². The van der Waals surface area contributed by atoms with E-state index in [1.54, 1.807) is 7.11 Å². The molecule has 1 aromatic rings. The highest BCUT2D eigenvalue weighted by Gasteiger charge is 2.00. The zero-order valence-corrected chi connectivity index (χ0v) is 12.0. The van der Waals surface area contributed by atoms with Gasteiger partial charge in [-0.25, -0.2) is 0 Å². The number of carbonyl (C=O) groups excluding carboxylic acids is 1. The number of amides is 1. The van der Waals surface area contributed by atoms with E-state index < -0.39 is 0 Å². The maximum Gasteiger partial charge on any atom is 0.233 e. The number of halogens is 1. The first-order chi connectivity index (χ1) is 9.22. The Morgan fingerprint density at radius 1 is 1.37 bits per heavy atom. The molecule has 1 aromatic carbocycles. The molecule has 0 saturated carbocycles. The van der Waals surface area contributed by atoms with E-state index >= 15 is 0 Å². The van der Waals surface area contributed by atoms with Crippen molar-refractivity contribution in [2.24, 2.45) is 0 Å². The van der Waals surface area contributed by atoms with E-state index in [1.807, 2.05) is 24.3 Å². The summed E-state index contributed by atoms with van der Waals surface area (Å²) in [5.41, 5.74) is 1.13. The lowest BCUT2D eigenvalue weighted by Gasteiger charge is -2.07. The van der Waals surface area contributed by atoms with Crippen LogP contribution in [0, 0.1) is 0 Å². The van der Waals surface area contributed by atoms with Crippen LogP contribution in [-0.2, 0) is 16.0 Å². The van der Waals surface area contributed by atoms with Gasteiger partial charge in [-0.2, -0.15) is 0 Å². The summed E-state index contributed by atoms with van der Waals surface area (Å²) in [6, 6.07) is 7.67. The van der Waals surface area contributed by atoms with Crippen LogP contribution in [0.2, 0.25) is 5.02 Å². The lowest BCUT2D eigenvalue weighted by Crippen LogP contribution is -2.35. The zero-order valence-electron chi connectivity index (χ0n) is 11.2. The second-order valence-corrected chi connectivity index (χ2v) is 4.69. The Morgan fingerprint density at radius 2 is 2.21 bits per heavy atom. The van der Waals surface area contributed by atoms with Crippen LogP contribution in [0.5, 0.6) is 0 Å². The van der Waals surface area contributed by atoms with E-state index in [4.69, 9.17) is 16.3 Å². The first kappa shape index (κ1) is 16.0. The molecule has 0 aromatic heterocycles. The van der Waals surface area contributed by atoms with Crippen molar-refractivity contribution in [1.29, 1.82) is 0 Å². The highest BCUT2D eigenvalue weighted by Crippen LogP contribution is 2.10. The highest BCUT2D eigenvalue weighted by atomic mass is 35.5. The Balaban J connectivity index is 2.07. The standard InChI is InChI=1S/C14H21ClN2O2/c1-19-9-3-7-16-11-14(18)17-8-6-12-4-2-5-13(15)10-12/h2,4-5,10,16H,3,6-9,11H2,1H3,(H,17,18). The predicted molar refractivity (Wildman–Crippen MR) is 77.5 cm³/mol. The van der Waals surface area contributed by atoms with Gasteiger partial charge in [0.15, 0.2) is 0 Å². The fourth-order valence-corrected chi connectivity index (χ4v) is 1.86. The number of nitrogens with one attached hydrogen (secondary N) is 2. The third-order valence-corrected chi connectivity index (χ3v) is 2.85. The van der Waals surface area contributed by atoms with Gasteiger partial charge in [0.2, 0.25) is 5.91 Å². The fourth-order valence-electron chi connectivity index (χ4n) is 1.64. The highest BCUT2D eigenvalue weighted by molar-refractivity contribution is 6.30. The molecule has 0 unspecified atom stereocenters. The van der Waals surface area contributed by atoms with Crippen LogP contribution in [0.1, 0.15) is 12.0 Å². The second-order valence-electron chi connectivity index (χ2n) is 4.25. The van der Waals surface area contributed by atoms with Crippen molar-refractivity contribution in [1.82, 2.24) is 10.6 Å². The summed E-state index contributed by atoms with van der Waals surface area (Å²) in [4.78, 5) is 11.5. The molecule has 1 rings (SSSR count). The van der Waals surface area contributed by atoms with E-state index in [0.717, 1.165) is 30.0 Å². The molecule has 0 aliphatic heterocycles. The average molecular weight is 285 g/mol. The van der Waals surface area contributed by atoms with Gasteiger partial charge >= 0.3 is 0 Å². The van der Waals surface area contributed by atoms with Gasteiger partial charge in [0, 0.05) is 25.3 Å². The Morgan fingerprint density at radius 3 is 2.95 bits per heavy atom. The van der Waals surface area contributed by atoms with Crippen molar-refractivity contribution < 1.29 is 9.53 Å². The smallest absolute Gasteiger partial charge is 0.233 e. The van der Waals surface area contributed by atoms with Gasteiger partial charge in [-0.15, -0.1) is 0 Å². The van der Waals surface area contributed by atoms with Gasteiger partial charge in [0.25, 0.3) is 0 Å². The minimum Gasteiger partial charge on any atom is -0.385 e. The van der Waals surface area contributed by atoms with Gasteiger partial charge in [0.05, 0.1) is 6.54 Å². The molecule has 4 nitrogen and oxygen atoms in total. The number of rotatable bonds is 9. The molecule has 0 fully saturated rings. The van der Waals surface area contributed by atoms with Crippen LogP contribution in [0.15, 0.2) is 24.3 Å². The van der Waals surface area contributed by atoms with E-state index in [0.29, 0.717) is 19.7 Å². The largest absolute Gasteiger partial charge is 0.385 e. The number of methoxy groups -OCH3 is 1. The summed E-state index contributed by atoms with van der Waals surface area (Å²) < 4.78 is 4.92. The molecular formula is C14H21ClN2O2. The average Bonchev–Trinajstić information content (AvgIpc) is 2.38. The third kappa shape index (κ3) is 7.82. The molecule has 0 aliphatic rings. The summed E-state index contributed by atoms with van der Waals surface area (Å²) >= 11 is 5.89. The summed E-state index contributed by atoms with van der Waals surface area (Å²) in [6.45, 7) is 2.47. The Bertz CT molecular complexity index is 385. The van der Waals surface area contributed by atoms with Crippen molar-refractivity contribution in [2.45, 2.75) is 12.8 Å². The number of carbonyl (C=O) groups is 1. The molecule has 19 heavy (non-hydrogen) atoms. The van der Waals surface area contributed by atoms with E-state index in [-0.39, 0.29) is 5.91 Å². The van der Waals surface area contributed by atoms with Crippen LogP contribution >= 0.6 is 11.6 Å². The summed E-state index contributed by atoms with van der Waals surface area (Å²) in [6.07, 6.45) is 1.70. The van der Waals surface area contributed by atoms with Gasteiger partial charge in [-0.05, 0) is 37.1 Å². The maximum atomic E-state index is 11.5. The minimum absolute atomic E-state index is 0.0134. The van der Waals surface area contributed by atoms with Crippen molar-refractivity contribution in [3.8, 4) is 0 Å². The number of benzene rings is 1. The molecule has 2 N–H and O–H groups in total. The molecule has 0 spiro atoms. The molecule has 106 valence electrons. The first-order valence-corrected chi connectivity index (χ1v) is 6.81. The normalized spacial score (nSPS) is 10.4. The molecule has 0 heterocycles. The topological polar surface area (TPSA) is 50.4 Å². The fraction of sp³-hybridized carbons (Fsp3) is 0.500. The Labute approximate surface area is 119 Å². The van der Waals surface area contributed by atoms with Gasteiger partial charge in [-0.3, -0.25) is 4.79 Å². The van der Waals surface area contributed by atoms with E-state index in [9.17, 15) is 4.79 Å². The molecule has 0 saturated heterocycles. The third-order valence-electron chi connectivity index (χ3n) is 2.61. The molecule has 5 heteroatoms. The number of hydrogen-bond acceptors (Lipinski definition) is 3. The quantitative estimate of drug-likeness (QED) is 0.678. The lowest BCUT2D eigenvalue weighted by atomic mass is 10.1. The predicted octanol–water partition coefficient (Wildman–Crippen LogP) is 1.62. The van der Waals surface area contributed by atoms with Crippen LogP contribution in [0.25, 0.3) is 0 Å². The maximum absolute atomic E-state index is 11.5. The van der Waals surface area contributed by atoms with E-state index in [2.05, 4.69) is 10.6 Å². The molecule has 0 radical (unpaired) electrons. The first-order valence-electron chi connectivity index (χ1n) is 6.43. The Hall–Kier alpha value is -1.10. The summed E-state index contributed by atoms with van der Waals surface area (Å²) in [5.74, 6) is 0.0134. The van der Waals surface area contributed by atoms with Crippen LogP contribution in [0.3, 0.4) is 0 Å². The summed E-state index contributed by atoms with van der Waals surface area (Å²) in [7, 11) is 1.67. The number of hydrogen-bond donors (Lipinski definition) is 2. The van der Waals surface area contributed by atoms with Gasteiger partial charge in [0.1, 0.15) is 0 Å². The number of ether oxygens (including phenoxy) is 1. The molecule has 0 atom stereocenters. The van der Waals surface area contributed by atoms with Crippen molar-refractivity contribution in [2.75, 3.05) is 33.4 Å². The monoisotopic (exact) mass is 284 g/mol. The van der Waals surface area contributed by atoms with Crippen molar-refractivity contribution >= 4 is 17.5 Å². The molecular weight excluding hydrogens is 264 g/mol. The van der Waals surface area contributed by atoms with Gasteiger partial charge in [-0.1, -0.05) is 23.7 Å². The van der Waals surface area contributed by atoms with E-state index in [1.165, 1.54) is 0 Å². The van der Waals surface area contributed by atoms with Crippen LogP contribution < -0.4 is 10.6 Å².